The van der Waals surface area contributed by atoms with E-state index in [0.29, 0.717) is 39.6 Å². The number of nitrogens with zero attached hydrogens (tertiary/aromatic N) is 5. The van der Waals surface area contributed by atoms with Crippen molar-refractivity contribution in [1.82, 2.24) is 24.9 Å². The minimum Gasteiger partial charge on any atom is -0.338 e. The van der Waals surface area contributed by atoms with Crippen LogP contribution in [0.5, 0.6) is 0 Å². The van der Waals surface area contributed by atoms with Gasteiger partial charge in [0.15, 0.2) is 11.0 Å². The summed E-state index contributed by atoms with van der Waals surface area (Å²) in [6, 6.07) is 12.7. The fourth-order valence-electron chi connectivity index (χ4n) is 3.02. The summed E-state index contributed by atoms with van der Waals surface area (Å²) in [5.74, 6) is 1.11. The highest BCUT2D eigenvalue weighted by Crippen LogP contribution is 2.41. The lowest BCUT2D eigenvalue weighted by molar-refractivity contribution is 0.391. The van der Waals surface area contributed by atoms with Gasteiger partial charge in [-0.2, -0.15) is 4.98 Å². The minimum atomic E-state index is -0.321. The molecule has 1 fully saturated rings. The lowest BCUT2D eigenvalue weighted by Gasteiger charge is -2.08. The van der Waals surface area contributed by atoms with Gasteiger partial charge in [-0.1, -0.05) is 29.1 Å². The van der Waals surface area contributed by atoms with Gasteiger partial charge in [0.25, 0.3) is 0 Å². The lowest BCUT2D eigenvalue weighted by atomic mass is 10.2. The van der Waals surface area contributed by atoms with Gasteiger partial charge in [-0.05, 0) is 49.2 Å². The molecule has 0 spiro atoms. The van der Waals surface area contributed by atoms with Crippen molar-refractivity contribution in [3.8, 4) is 22.8 Å². The van der Waals surface area contributed by atoms with Crippen molar-refractivity contribution in [2.45, 2.75) is 29.8 Å². The first-order chi connectivity index (χ1) is 14.2. The third-order valence-corrected chi connectivity index (χ3v) is 5.51. The Balaban J connectivity index is 1.37. The van der Waals surface area contributed by atoms with Crippen molar-refractivity contribution in [1.29, 1.82) is 0 Å². The Morgan fingerprint density at radius 1 is 1.03 bits per heavy atom. The highest BCUT2D eigenvalue weighted by Gasteiger charge is 2.31. The quantitative estimate of drug-likeness (QED) is 0.420. The van der Waals surface area contributed by atoms with E-state index >= 15 is 0 Å². The second-order valence-electron chi connectivity index (χ2n) is 6.69. The average Bonchev–Trinajstić information content (AvgIpc) is 3.31. The Morgan fingerprint density at radius 3 is 2.59 bits per heavy atom. The summed E-state index contributed by atoms with van der Waals surface area (Å²) in [4.78, 5) is 4.36. The van der Waals surface area contributed by atoms with Crippen LogP contribution >= 0.6 is 11.8 Å². The molecule has 0 unspecified atom stereocenters. The molecule has 5 rings (SSSR count). The van der Waals surface area contributed by atoms with Crippen molar-refractivity contribution in [3.63, 3.8) is 0 Å². The zero-order chi connectivity index (χ0) is 19.8. The maximum absolute atomic E-state index is 14.2. The average molecular weight is 411 g/mol. The van der Waals surface area contributed by atoms with E-state index in [1.165, 1.54) is 30.0 Å². The summed E-state index contributed by atoms with van der Waals surface area (Å²) in [5, 5.41) is 13.1. The van der Waals surface area contributed by atoms with E-state index in [4.69, 9.17) is 4.52 Å². The van der Waals surface area contributed by atoms with Gasteiger partial charge in [0.2, 0.25) is 11.7 Å². The number of halogens is 2. The molecule has 0 bridgehead atoms. The van der Waals surface area contributed by atoms with Crippen molar-refractivity contribution < 1.29 is 13.3 Å². The topological polar surface area (TPSA) is 69.6 Å². The van der Waals surface area contributed by atoms with Gasteiger partial charge in [0, 0.05) is 11.6 Å². The van der Waals surface area contributed by atoms with E-state index in [2.05, 4.69) is 20.3 Å². The smallest absolute Gasteiger partial charge is 0.237 e. The summed E-state index contributed by atoms with van der Waals surface area (Å²) >= 11 is 1.41. The largest absolute Gasteiger partial charge is 0.338 e. The lowest BCUT2D eigenvalue weighted by Crippen LogP contribution is -2.01. The molecular weight excluding hydrogens is 396 g/mol. The molecule has 2 aromatic heterocycles. The molecule has 2 aromatic carbocycles. The highest BCUT2D eigenvalue weighted by atomic mass is 32.2. The zero-order valence-corrected chi connectivity index (χ0v) is 15.9. The number of rotatable bonds is 6. The van der Waals surface area contributed by atoms with Gasteiger partial charge in [0.05, 0.1) is 11.3 Å². The highest BCUT2D eigenvalue weighted by molar-refractivity contribution is 7.98. The molecule has 29 heavy (non-hydrogen) atoms. The van der Waals surface area contributed by atoms with E-state index in [1.807, 2.05) is 4.57 Å². The summed E-state index contributed by atoms with van der Waals surface area (Å²) in [7, 11) is 0. The van der Waals surface area contributed by atoms with Crippen molar-refractivity contribution in [2.75, 3.05) is 0 Å². The molecule has 0 amide bonds. The monoisotopic (exact) mass is 411 g/mol. The number of aromatic nitrogens is 5. The van der Waals surface area contributed by atoms with Crippen LogP contribution in [0.15, 0.2) is 58.2 Å². The van der Waals surface area contributed by atoms with Gasteiger partial charge in [-0.25, -0.2) is 8.78 Å². The predicted molar refractivity (Wildman–Crippen MR) is 103 cm³/mol. The molecule has 0 atom stereocenters. The minimum absolute atomic E-state index is 0.277. The fourth-order valence-corrected chi connectivity index (χ4v) is 3.86. The molecular formula is C20H15F2N5OS. The normalized spacial score (nSPS) is 13.7. The number of benzene rings is 2. The Labute approximate surface area is 169 Å². The van der Waals surface area contributed by atoms with E-state index in [0.717, 1.165) is 12.8 Å². The van der Waals surface area contributed by atoms with E-state index in [9.17, 15) is 8.78 Å². The Morgan fingerprint density at radius 2 is 1.83 bits per heavy atom. The third-order valence-electron chi connectivity index (χ3n) is 4.59. The first kappa shape index (κ1) is 18.0. The number of thioether (sulfide) groups is 1. The van der Waals surface area contributed by atoms with Crippen LogP contribution in [0.1, 0.15) is 24.8 Å². The van der Waals surface area contributed by atoms with Crippen LogP contribution in [0.2, 0.25) is 0 Å². The first-order valence-electron chi connectivity index (χ1n) is 9.10. The maximum Gasteiger partial charge on any atom is 0.237 e. The van der Waals surface area contributed by atoms with E-state index in [1.54, 1.807) is 30.3 Å². The Kier molecular flexibility index (Phi) is 4.59. The van der Waals surface area contributed by atoms with Gasteiger partial charge >= 0.3 is 0 Å². The van der Waals surface area contributed by atoms with E-state index < -0.39 is 0 Å². The molecule has 1 aliphatic carbocycles. The standard InChI is InChI=1S/C20H15F2N5OS/c21-13-7-5-12(6-8-13)18-23-17(28-26-18)11-29-20-25-24-19(27(20)14-9-10-14)15-3-1-2-4-16(15)22/h1-8,14H,9-11H2. The van der Waals surface area contributed by atoms with Gasteiger partial charge < -0.3 is 4.52 Å². The summed E-state index contributed by atoms with van der Waals surface area (Å²) in [6.45, 7) is 0. The van der Waals surface area contributed by atoms with Crippen LogP contribution < -0.4 is 0 Å². The maximum atomic E-state index is 14.2. The van der Waals surface area contributed by atoms with Crippen molar-refractivity contribution in [2.24, 2.45) is 0 Å². The molecule has 1 saturated carbocycles. The second-order valence-corrected chi connectivity index (χ2v) is 7.64. The molecule has 4 aromatic rings. The molecule has 9 heteroatoms. The Bertz CT molecular complexity index is 1150. The molecule has 2 heterocycles. The molecule has 1 aliphatic rings. The van der Waals surface area contributed by atoms with Crippen LogP contribution in [0.3, 0.4) is 0 Å². The SMILES string of the molecule is Fc1ccc(-c2noc(CSc3nnc(-c4ccccc4F)n3C3CC3)n2)cc1. The molecule has 0 radical (unpaired) electrons. The first-order valence-corrected chi connectivity index (χ1v) is 10.1. The summed E-state index contributed by atoms with van der Waals surface area (Å²) in [6.07, 6.45) is 2.03. The van der Waals surface area contributed by atoms with Crippen molar-refractivity contribution in [3.05, 3.63) is 66.1 Å². The zero-order valence-electron chi connectivity index (χ0n) is 15.1. The Hall–Kier alpha value is -3.07. The molecule has 0 N–H and O–H groups in total. The molecule has 0 aliphatic heterocycles. The summed E-state index contributed by atoms with van der Waals surface area (Å²) in [5.41, 5.74) is 1.12. The van der Waals surface area contributed by atoms with Crippen LogP contribution in [0.4, 0.5) is 8.78 Å². The second kappa shape index (κ2) is 7.40. The van der Waals surface area contributed by atoms with Crippen LogP contribution in [0.25, 0.3) is 22.8 Å². The fraction of sp³-hybridized carbons (Fsp3) is 0.200. The number of hydrogen-bond donors (Lipinski definition) is 0. The molecule has 0 saturated heterocycles. The number of hydrogen-bond acceptors (Lipinski definition) is 6. The van der Waals surface area contributed by atoms with Crippen LogP contribution in [0, 0.1) is 11.6 Å². The van der Waals surface area contributed by atoms with Crippen LogP contribution in [-0.4, -0.2) is 24.9 Å². The third kappa shape index (κ3) is 3.65. The molecule has 146 valence electrons. The van der Waals surface area contributed by atoms with Crippen molar-refractivity contribution >= 4 is 11.8 Å². The molecule has 6 nitrogen and oxygen atoms in total. The summed E-state index contributed by atoms with van der Waals surface area (Å²) < 4.78 is 34.6. The van der Waals surface area contributed by atoms with Crippen LogP contribution in [-0.2, 0) is 5.75 Å². The van der Waals surface area contributed by atoms with Gasteiger partial charge in [0.1, 0.15) is 11.6 Å². The van der Waals surface area contributed by atoms with Gasteiger partial charge in [-0.15, -0.1) is 10.2 Å². The van der Waals surface area contributed by atoms with Gasteiger partial charge in [-0.3, -0.25) is 4.57 Å². The predicted octanol–water partition coefficient (Wildman–Crippen LogP) is 4.90. The van der Waals surface area contributed by atoms with E-state index in [-0.39, 0.29) is 17.7 Å².